The van der Waals surface area contributed by atoms with E-state index in [4.69, 9.17) is 9.15 Å². The Morgan fingerprint density at radius 1 is 1.00 bits per heavy atom. The van der Waals surface area contributed by atoms with Crippen molar-refractivity contribution in [2.75, 3.05) is 12.4 Å². The number of fused-ring (bicyclic) bond motifs is 2. The van der Waals surface area contributed by atoms with E-state index in [-0.39, 0.29) is 5.91 Å². The largest absolute Gasteiger partial charge is 0.496 e. The molecule has 5 aromatic rings. The van der Waals surface area contributed by atoms with E-state index in [1.807, 2.05) is 51.1 Å². The fourth-order valence-electron chi connectivity index (χ4n) is 4.58. The summed E-state index contributed by atoms with van der Waals surface area (Å²) in [5, 5.41) is 6.17. The number of hydrogen-bond acceptors (Lipinski definition) is 4. The number of amides is 1. The Kier molecular flexibility index (Phi) is 5.83. The first-order chi connectivity index (χ1) is 17.0. The second kappa shape index (κ2) is 9.11. The van der Waals surface area contributed by atoms with Crippen molar-refractivity contribution in [2.45, 2.75) is 20.8 Å². The van der Waals surface area contributed by atoms with Crippen LogP contribution < -0.4 is 10.1 Å². The molecule has 35 heavy (non-hydrogen) atoms. The molecule has 0 fully saturated rings. The fraction of sp³-hybridized carbons (Fsp3) is 0.133. The minimum Gasteiger partial charge on any atom is -0.496 e. The minimum absolute atomic E-state index is 0.245. The highest BCUT2D eigenvalue weighted by molar-refractivity contribution is 6.08. The lowest BCUT2D eigenvalue weighted by Crippen LogP contribution is -2.11. The van der Waals surface area contributed by atoms with Gasteiger partial charge in [-0.15, -0.1) is 0 Å². The highest BCUT2D eigenvalue weighted by atomic mass is 16.5. The zero-order chi connectivity index (χ0) is 24.5. The van der Waals surface area contributed by atoms with Crippen LogP contribution in [0.5, 0.6) is 5.75 Å². The second-order valence-electron chi connectivity index (χ2n) is 8.62. The Hall–Kier alpha value is -4.38. The summed E-state index contributed by atoms with van der Waals surface area (Å²) in [5.41, 5.74) is 6.29. The summed E-state index contributed by atoms with van der Waals surface area (Å²) < 4.78 is 11.8. The van der Waals surface area contributed by atoms with Crippen LogP contribution in [0.25, 0.3) is 38.4 Å². The van der Waals surface area contributed by atoms with Crippen LogP contribution in [0.15, 0.2) is 83.6 Å². The number of aromatic nitrogens is 1. The van der Waals surface area contributed by atoms with Crippen LogP contribution in [-0.2, 0) is 4.79 Å². The Labute approximate surface area is 204 Å². The normalized spacial score (nSPS) is 11.7. The van der Waals surface area contributed by atoms with Crippen molar-refractivity contribution < 1.29 is 13.9 Å². The zero-order valence-corrected chi connectivity index (χ0v) is 20.2. The molecule has 0 atom stereocenters. The Bertz CT molecular complexity index is 1610. The number of rotatable bonds is 5. The molecule has 0 aliphatic carbocycles. The number of carbonyl (C=O) groups is 1. The van der Waals surface area contributed by atoms with Crippen molar-refractivity contribution >= 4 is 39.0 Å². The molecule has 5 nitrogen and oxygen atoms in total. The molecule has 2 heterocycles. The molecule has 0 saturated heterocycles. The molecule has 5 rings (SSSR count). The number of benzene rings is 3. The lowest BCUT2D eigenvalue weighted by atomic mass is 9.94. The van der Waals surface area contributed by atoms with Crippen LogP contribution in [0.4, 0.5) is 5.82 Å². The molecule has 174 valence electrons. The number of pyridine rings is 1. The molecule has 0 unspecified atom stereocenters. The standard InChI is InChI=1S/C30H26N2O3/c1-18-9-8-14-31-30(18)32-27(33)15-19(2)24-16-25-26(17-35-29(25)20(3)28(24)34-4)23-13-7-11-21-10-5-6-12-22(21)23/h5-17H,1-4H3,(H,31,32,33)/b19-15+. The second-order valence-corrected chi connectivity index (χ2v) is 8.62. The molecule has 0 aliphatic rings. The van der Waals surface area contributed by atoms with E-state index in [9.17, 15) is 4.79 Å². The number of furan rings is 1. The topological polar surface area (TPSA) is 64.4 Å². The van der Waals surface area contributed by atoms with Crippen molar-refractivity contribution in [2.24, 2.45) is 0 Å². The molecule has 0 saturated carbocycles. The smallest absolute Gasteiger partial charge is 0.249 e. The summed E-state index contributed by atoms with van der Waals surface area (Å²) in [7, 11) is 1.64. The molecule has 0 radical (unpaired) electrons. The van der Waals surface area contributed by atoms with Crippen molar-refractivity contribution in [3.63, 3.8) is 0 Å². The van der Waals surface area contributed by atoms with Crippen LogP contribution in [-0.4, -0.2) is 18.0 Å². The average Bonchev–Trinajstić information content (AvgIpc) is 3.29. The summed E-state index contributed by atoms with van der Waals surface area (Å²) in [6, 6.07) is 20.4. The van der Waals surface area contributed by atoms with E-state index >= 15 is 0 Å². The van der Waals surface area contributed by atoms with Gasteiger partial charge in [-0.2, -0.15) is 0 Å². The van der Waals surface area contributed by atoms with Gasteiger partial charge >= 0.3 is 0 Å². The van der Waals surface area contributed by atoms with Gasteiger partial charge in [0.1, 0.15) is 17.2 Å². The quantitative estimate of drug-likeness (QED) is 0.278. The van der Waals surface area contributed by atoms with Gasteiger partial charge in [-0.25, -0.2) is 4.98 Å². The van der Waals surface area contributed by atoms with E-state index in [1.165, 1.54) is 5.39 Å². The monoisotopic (exact) mass is 462 g/mol. The van der Waals surface area contributed by atoms with Crippen LogP contribution in [0.3, 0.4) is 0 Å². The first-order valence-corrected chi connectivity index (χ1v) is 11.5. The number of hydrogen-bond donors (Lipinski definition) is 1. The van der Waals surface area contributed by atoms with Crippen LogP contribution in [0, 0.1) is 13.8 Å². The maximum Gasteiger partial charge on any atom is 0.249 e. The van der Waals surface area contributed by atoms with Crippen LogP contribution in [0.2, 0.25) is 0 Å². The molecule has 0 aliphatic heterocycles. The van der Waals surface area contributed by atoms with Gasteiger partial charge in [-0.05, 0) is 60.4 Å². The van der Waals surface area contributed by atoms with Gasteiger partial charge in [-0.3, -0.25) is 4.79 Å². The lowest BCUT2D eigenvalue weighted by molar-refractivity contribution is -0.111. The number of allylic oxidation sites excluding steroid dienone is 1. The summed E-state index contributed by atoms with van der Waals surface area (Å²) in [6.45, 7) is 5.80. The van der Waals surface area contributed by atoms with Gasteiger partial charge < -0.3 is 14.5 Å². The molecule has 5 heteroatoms. The molecule has 0 spiro atoms. The third-order valence-corrected chi connectivity index (χ3v) is 6.35. The Morgan fingerprint density at radius 2 is 1.80 bits per heavy atom. The molecular weight excluding hydrogens is 436 g/mol. The highest BCUT2D eigenvalue weighted by Gasteiger charge is 2.19. The number of carbonyl (C=O) groups excluding carboxylic acids is 1. The van der Waals surface area contributed by atoms with Gasteiger partial charge in [0.25, 0.3) is 0 Å². The maximum absolute atomic E-state index is 12.8. The van der Waals surface area contributed by atoms with Gasteiger partial charge in [0.05, 0.1) is 13.4 Å². The summed E-state index contributed by atoms with van der Waals surface area (Å²) >= 11 is 0. The van der Waals surface area contributed by atoms with Gasteiger partial charge in [0, 0.05) is 34.3 Å². The maximum atomic E-state index is 12.8. The predicted octanol–water partition coefficient (Wildman–Crippen LogP) is 7.32. The molecule has 3 aromatic carbocycles. The Morgan fingerprint density at radius 3 is 2.60 bits per heavy atom. The molecule has 1 N–H and O–H groups in total. The lowest BCUT2D eigenvalue weighted by Gasteiger charge is -2.14. The average molecular weight is 463 g/mol. The number of anilines is 1. The van der Waals surface area contributed by atoms with Crippen molar-refractivity contribution in [3.05, 3.63) is 95.9 Å². The summed E-state index contributed by atoms with van der Waals surface area (Å²) in [4.78, 5) is 17.0. The first-order valence-electron chi connectivity index (χ1n) is 11.5. The number of ether oxygens (including phenoxy) is 1. The van der Waals surface area contributed by atoms with Crippen molar-refractivity contribution in [3.8, 4) is 16.9 Å². The van der Waals surface area contributed by atoms with Crippen LogP contribution >= 0.6 is 0 Å². The summed E-state index contributed by atoms with van der Waals surface area (Å²) in [5.74, 6) is 0.991. The van der Waals surface area contributed by atoms with E-state index in [0.29, 0.717) is 11.6 Å². The van der Waals surface area contributed by atoms with E-state index in [0.717, 1.165) is 49.7 Å². The molecular formula is C30H26N2O3. The van der Waals surface area contributed by atoms with E-state index < -0.39 is 0 Å². The molecule has 0 bridgehead atoms. The van der Waals surface area contributed by atoms with E-state index in [2.05, 4.69) is 40.6 Å². The van der Waals surface area contributed by atoms with Gasteiger partial charge in [0.2, 0.25) is 5.91 Å². The number of nitrogens with zero attached hydrogens (tertiary/aromatic N) is 1. The number of methoxy groups -OCH3 is 1. The highest BCUT2D eigenvalue weighted by Crippen LogP contribution is 2.42. The summed E-state index contributed by atoms with van der Waals surface area (Å²) in [6.07, 6.45) is 5.04. The third kappa shape index (κ3) is 4.06. The SMILES string of the molecule is COc1c(/C(C)=C/C(=O)Nc2ncccc2C)cc2c(-c3cccc4ccccc34)coc2c1C. The van der Waals surface area contributed by atoms with Crippen molar-refractivity contribution in [1.29, 1.82) is 0 Å². The zero-order valence-electron chi connectivity index (χ0n) is 20.2. The number of aryl methyl sites for hydroxylation is 2. The fourth-order valence-corrected chi connectivity index (χ4v) is 4.58. The van der Waals surface area contributed by atoms with Crippen LogP contribution in [0.1, 0.15) is 23.6 Å². The van der Waals surface area contributed by atoms with Gasteiger partial charge in [0.15, 0.2) is 0 Å². The minimum atomic E-state index is -0.245. The molecule has 1 amide bonds. The predicted molar refractivity (Wildman–Crippen MR) is 142 cm³/mol. The Balaban J connectivity index is 1.62. The van der Waals surface area contributed by atoms with E-state index in [1.54, 1.807) is 25.6 Å². The van der Waals surface area contributed by atoms with Gasteiger partial charge in [-0.1, -0.05) is 48.5 Å². The molecule has 2 aromatic heterocycles. The third-order valence-electron chi connectivity index (χ3n) is 6.35. The van der Waals surface area contributed by atoms with Crippen molar-refractivity contribution in [1.82, 2.24) is 4.98 Å². The number of nitrogens with one attached hydrogen (secondary N) is 1. The first kappa shape index (κ1) is 22.4.